The number of nitrogens with one attached hydrogen (secondary N) is 1. The lowest BCUT2D eigenvalue weighted by Gasteiger charge is -2.54. The molecule has 13 heteroatoms. The van der Waals surface area contributed by atoms with Crippen LogP contribution in [0.15, 0.2) is 37.1 Å². The molecule has 6 heterocycles. The predicted octanol–water partition coefficient (Wildman–Crippen LogP) is 7.62. The average molecular weight is 757 g/mol. The highest BCUT2D eigenvalue weighted by atomic mass is 19.4. The fourth-order valence-corrected chi connectivity index (χ4v) is 9.98. The van der Waals surface area contributed by atoms with Gasteiger partial charge in [0.05, 0.1) is 11.7 Å². The predicted molar refractivity (Wildman–Crippen MR) is 209 cm³/mol. The number of amides is 1. The lowest BCUT2D eigenvalue weighted by Crippen LogP contribution is -2.61. The van der Waals surface area contributed by atoms with Crippen LogP contribution >= 0.6 is 0 Å². The topological polar surface area (TPSA) is 93.7 Å². The van der Waals surface area contributed by atoms with Gasteiger partial charge in [0, 0.05) is 61.0 Å². The zero-order valence-electron chi connectivity index (χ0n) is 32.0. The van der Waals surface area contributed by atoms with Crippen LogP contribution in [-0.4, -0.2) is 108 Å². The Morgan fingerprint density at radius 3 is 2.36 bits per heavy atom. The Kier molecular flexibility index (Phi) is 9.01. The third kappa shape index (κ3) is 6.69. The Balaban J connectivity index is 1.18. The summed E-state index contributed by atoms with van der Waals surface area (Å²) in [5.74, 6) is 1.64. The van der Waals surface area contributed by atoms with E-state index in [0.717, 1.165) is 149 Å². The number of halogens is 3. The minimum atomic E-state index is -4.55. The molecular weight excluding hydrogens is 706 g/mol. The Morgan fingerprint density at radius 1 is 0.964 bits per heavy atom. The first-order chi connectivity index (χ1) is 26.5. The van der Waals surface area contributed by atoms with Crippen molar-refractivity contribution in [3.05, 3.63) is 48.2 Å². The van der Waals surface area contributed by atoms with Gasteiger partial charge in [0.15, 0.2) is 12.4 Å². The number of hydrogen-bond donors (Lipinski definition) is 1. The molecule has 1 N–H and O–H groups in total. The molecule has 10 nitrogen and oxygen atoms in total. The number of aryl methyl sites for hydroxylation is 1. The molecule has 0 atom stereocenters. The molecule has 5 aliphatic rings. The number of carbonyl (C=O) groups excluding carboxylic acids is 1. The molecule has 55 heavy (non-hydrogen) atoms. The zero-order valence-corrected chi connectivity index (χ0v) is 32.0. The van der Waals surface area contributed by atoms with E-state index in [1.54, 1.807) is 6.20 Å². The van der Waals surface area contributed by atoms with Crippen LogP contribution in [0.4, 0.5) is 24.9 Å². The van der Waals surface area contributed by atoms with E-state index in [-0.39, 0.29) is 28.4 Å². The number of hydrogen-bond acceptors (Lipinski definition) is 8. The maximum absolute atomic E-state index is 14.2. The summed E-state index contributed by atoms with van der Waals surface area (Å²) >= 11 is 0. The van der Waals surface area contributed by atoms with Gasteiger partial charge in [-0.3, -0.25) is 9.89 Å². The lowest BCUT2D eigenvalue weighted by atomic mass is 9.72. The first-order valence-electron chi connectivity index (χ1n) is 20.1. The van der Waals surface area contributed by atoms with Crippen LogP contribution in [0.25, 0.3) is 32.9 Å². The molecule has 4 aromatic rings. The van der Waals surface area contributed by atoms with Gasteiger partial charge in [0.2, 0.25) is 11.9 Å². The molecule has 4 saturated heterocycles. The summed E-state index contributed by atoms with van der Waals surface area (Å²) in [6, 6.07) is 6.11. The molecule has 0 bridgehead atoms. The molecule has 1 saturated carbocycles. The van der Waals surface area contributed by atoms with Crippen molar-refractivity contribution in [1.82, 2.24) is 30.0 Å². The number of rotatable bonds is 9. The molecule has 2 aromatic heterocycles. The Bertz CT molecular complexity index is 2120. The van der Waals surface area contributed by atoms with Gasteiger partial charge in [-0.05, 0) is 124 Å². The summed E-state index contributed by atoms with van der Waals surface area (Å²) in [4.78, 5) is 31.9. The number of piperidine rings is 2. The van der Waals surface area contributed by atoms with Crippen LogP contribution in [-0.2, 0) is 4.79 Å². The van der Waals surface area contributed by atoms with Gasteiger partial charge in [0.25, 0.3) is 0 Å². The largest absolute Gasteiger partial charge is 0.481 e. The van der Waals surface area contributed by atoms with Gasteiger partial charge in [-0.2, -0.15) is 23.3 Å². The van der Waals surface area contributed by atoms with Gasteiger partial charge in [-0.15, -0.1) is 0 Å². The van der Waals surface area contributed by atoms with E-state index in [4.69, 9.17) is 14.7 Å². The first-order valence-corrected chi connectivity index (χ1v) is 20.1. The van der Waals surface area contributed by atoms with Crippen molar-refractivity contribution in [2.24, 2.45) is 10.8 Å². The van der Waals surface area contributed by atoms with Crippen molar-refractivity contribution < 1.29 is 22.7 Å². The first kappa shape index (κ1) is 36.3. The SMILES string of the molecule is C=CC(=O)N1CC2(CCN(c3nc(N4CCC5(CCN(CCC)CC5)C4)nc4c(OCC(F)(F)F)c(-c5c(C)ccc6[nH]ncc56)c(C5CC5)cc34)CC2)C1. The third-order valence-corrected chi connectivity index (χ3v) is 13.3. The van der Waals surface area contributed by atoms with Gasteiger partial charge in [-0.25, -0.2) is 4.98 Å². The number of aromatic amines is 1. The number of H-pyrrole nitrogens is 1. The monoisotopic (exact) mass is 756 g/mol. The molecule has 0 radical (unpaired) electrons. The number of fused-ring (bicyclic) bond motifs is 2. The van der Waals surface area contributed by atoms with Crippen molar-refractivity contribution in [2.45, 2.75) is 77.3 Å². The van der Waals surface area contributed by atoms with E-state index < -0.39 is 12.8 Å². The Morgan fingerprint density at radius 2 is 1.67 bits per heavy atom. The van der Waals surface area contributed by atoms with Crippen LogP contribution in [0.2, 0.25) is 0 Å². The number of alkyl halides is 3. The van der Waals surface area contributed by atoms with Gasteiger partial charge >= 0.3 is 6.18 Å². The van der Waals surface area contributed by atoms with E-state index in [1.807, 2.05) is 24.0 Å². The van der Waals surface area contributed by atoms with Crippen LogP contribution in [0.5, 0.6) is 5.75 Å². The molecule has 9 rings (SSSR count). The number of nitrogens with zero attached hydrogens (tertiary/aromatic N) is 7. The molecule has 2 aromatic carbocycles. The number of likely N-dealkylation sites (tertiary alicyclic amines) is 2. The van der Waals surface area contributed by atoms with Crippen LogP contribution in [0.3, 0.4) is 0 Å². The second-order valence-electron chi connectivity index (χ2n) is 17.1. The van der Waals surface area contributed by atoms with E-state index in [9.17, 15) is 18.0 Å². The minimum Gasteiger partial charge on any atom is -0.481 e. The summed E-state index contributed by atoms with van der Waals surface area (Å²) in [7, 11) is 0. The van der Waals surface area contributed by atoms with E-state index >= 15 is 0 Å². The fraction of sp³-hybridized carbons (Fsp3) is 0.571. The van der Waals surface area contributed by atoms with Crippen molar-refractivity contribution >= 4 is 39.5 Å². The minimum absolute atomic E-state index is 0.0324. The zero-order chi connectivity index (χ0) is 38.1. The van der Waals surface area contributed by atoms with Crippen molar-refractivity contribution in [2.75, 3.05) is 75.3 Å². The average Bonchev–Trinajstić information content (AvgIpc) is 3.76. The smallest absolute Gasteiger partial charge is 0.422 e. The number of benzene rings is 2. The summed E-state index contributed by atoms with van der Waals surface area (Å²) in [5.41, 5.74) is 4.89. The second kappa shape index (κ2) is 13.7. The number of ether oxygens (including phenoxy) is 1. The van der Waals surface area contributed by atoms with E-state index in [0.29, 0.717) is 17.0 Å². The Hall–Kier alpha value is -4.39. The highest BCUT2D eigenvalue weighted by Crippen LogP contribution is 2.54. The van der Waals surface area contributed by atoms with Gasteiger partial charge in [-0.1, -0.05) is 19.6 Å². The third-order valence-electron chi connectivity index (χ3n) is 13.3. The second-order valence-corrected chi connectivity index (χ2v) is 17.1. The highest BCUT2D eigenvalue weighted by molar-refractivity contribution is 6.06. The normalized spacial score (nSPS) is 21.2. The molecular formula is C42H51F3N8O2. The van der Waals surface area contributed by atoms with E-state index in [1.165, 1.54) is 6.08 Å². The Labute approximate surface area is 320 Å². The van der Waals surface area contributed by atoms with Crippen molar-refractivity contribution in [3.63, 3.8) is 0 Å². The van der Waals surface area contributed by atoms with Crippen LogP contribution < -0.4 is 14.5 Å². The maximum atomic E-state index is 14.2. The molecule has 1 amide bonds. The molecule has 2 spiro atoms. The summed E-state index contributed by atoms with van der Waals surface area (Å²) < 4.78 is 48.6. The van der Waals surface area contributed by atoms with Crippen LogP contribution in [0.1, 0.15) is 75.3 Å². The molecule has 1 aliphatic carbocycles. The van der Waals surface area contributed by atoms with Gasteiger partial charge in [0.1, 0.15) is 11.3 Å². The lowest BCUT2D eigenvalue weighted by molar-refractivity contribution is -0.153. The number of aromatic nitrogens is 4. The van der Waals surface area contributed by atoms with Crippen molar-refractivity contribution in [1.29, 1.82) is 0 Å². The molecule has 5 fully saturated rings. The van der Waals surface area contributed by atoms with E-state index in [2.05, 4.69) is 44.5 Å². The summed E-state index contributed by atoms with van der Waals surface area (Å²) in [6.45, 7) is 14.3. The number of anilines is 2. The summed E-state index contributed by atoms with van der Waals surface area (Å²) in [5, 5.41) is 8.96. The molecule has 292 valence electrons. The van der Waals surface area contributed by atoms with Crippen LogP contribution in [0, 0.1) is 17.8 Å². The molecule has 0 unspecified atom stereocenters. The summed E-state index contributed by atoms with van der Waals surface area (Å²) in [6.07, 6.45) is 6.69. The number of carbonyl (C=O) groups is 1. The molecule has 4 aliphatic heterocycles. The standard InChI is InChI=1S/C42H51F3N8O2/c1-4-15-50-16-10-40(11-17-50)12-20-52(23-40)39-47-36-30(38(48-39)51-18-13-41(14-19-51)24-53(25-41)33(54)5-2)21-29(28-7-8-28)35(37(36)55-26-42(43,44)45)34-27(3)6-9-32-31(34)22-46-49-32/h5-6,9,21-22,28H,2,4,7-8,10-20,23-26H2,1,3H3,(H,46,49). The van der Waals surface area contributed by atoms with Gasteiger partial charge < -0.3 is 24.3 Å². The highest BCUT2D eigenvalue weighted by Gasteiger charge is 2.47. The quantitative estimate of drug-likeness (QED) is 0.175. The van der Waals surface area contributed by atoms with Crippen molar-refractivity contribution in [3.8, 4) is 16.9 Å². The fourth-order valence-electron chi connectivity index (χ4n) is 9.98. The maximum Gasteiger partial charge on any atom is 0.422 e.